The van der Waals surface area contributed by atoms with Crippen molar-refractivity contribution >= 4 is 23.9 Å². The van der Waals surface area contributed by atoms with Crippen LogP contribution in [0.1, 0.15) is 24.8 Å². The monoisotopic (exact) mass is 448 g/mol. The number of alkyl halides is 3. The van der Waals surface area contributed by atoms with E-state index < -0.39 is 62.2 Å². The maximum atomic E-state index is 12.2. The zero-order chi connectivity index (χ0) is 23.3. The molecule has 9 nitrogen and oxygen atoms in total. The Morgan fingerprint density at radius 2 is 1.71 bits per heavy atom. The standard InChI is InChI=1S/C19H23F3N2O7/c1-29-16(26)11-23-17(27)14(7-8-15(25)30-10-9-19(20,21)22)24-18(28)31-12-13-5-3-2-4-6-13/h2-6,14H,7-12H2,1H3,(H,23,27)(H,24,28). The smallest absolute Gasteiger partial charge is 0.408 e. The Labute approximate surface area is 176 Å². The molecule has 0 radical (unpaired) electrons. The van der Waals surface area contributed by atoms with Crippen LogP contribution in [0, 0.1) is 0 Å². The van der Waals surface area contributed by atoms with Crippen molar-refractivity contribution < 1.29 is 46.6 Å². The van der Waals surface area contributed by atoms with Crippen LogP contribution >= 0.6 is 0 Å². The number of carbonyl (C=O) groups excluding carboxylic acids is 4. The molecule has 12 heteroatoms. The number of hydrogen-bond donors (Lipinski definition) is 2. The summed E-state index contributed by atoms with van der Waals surface area (Å²) in [5, 5.41) is 4.47. The summed E-state index contributed by atoms with van der Waals surface area (Å²) in [5.41, 5.74) is 0.692. The lowest BCUT2D eigenvalue weighted by molar-refractivity contribution is -0.159. The van der Waals surface area contributed by atoms with E-state index in [2.05, 4.69) is 20.1 Å². The first-order chi connectivity index (χ1) is 14.6. The van der Waals surface area contributed by atoms with Crippen molar-refractivity contribution in [3.05, 3.63) is 35.9 Å². The van der Waals surface area contributed by atoms with E-state index in [1.54, 1.807) is 30.3 Å². The number of nitrogens with one attached hydrogen (secondary N) is 2. The van der Waals surface area contributed by atoms with E-state index in [-0.39, 0.29) is 13.0 Å². The average molecular weight is 448 g/mol. The highest BCUT2D eigenvalue weighted by Crippen LogP contribution is 2.19. The normalized spacial score (nSPS) is 11.7. The Morgan fingerprint density at radius 1 is 1.03 bits per heavy atom. The molecule has 1 unspecified atom stereocenters. The zero-order valence-corrected chi connectivity index (χ0v) is 16.7. The van der Waals surface area contributed by atoms with Gasteiger partial charge < -0.3 is 24.8 Å². The fraction of sp³-hybridized carbons (Fsp3) is 0.474. The summed E-state index contributed by atoms with van der Waals surface area (Å²) in [7, 11) is 1.11. The van der Waals surface area contributed by atoms with Crippen molar-refractivity contribution in [2.45, 2.75) is 38.1 Å². The molecule has 0 aliphatic heterocycles. The molecular weight excluding hydrogens is 425 g/mol. The van der Waals surface area contributed by atoms with E-state index in [9.17, 15) is 32.3 Å². The van der Waals surface area contributed by atoms with E-state index in [0.717, 1.165) is 7.11 Å². The van der Waals surface area contributed by atoms with E-state index >= 15 is 0 Å². The molecule has 1 aromatic carbocycles. The molecule has 1 atom stereocenters. The van der Waals surface area contributed by atoms with E-state index in [1.807, 2.05) is 0 Å². The first-order valence-electron chi connectivity index (χ1n) is 9.15. The number of rotatable bonds is 11. The molecular formula is C19H23F3N2O7. The van der Waals surface area contributed by atoms with Gasteiger partial charge in [-0.3, -0.25) is 14.4 Å². The van der Waals surface area contributed by atoms with Gasteiger partial charge >= 0.3 is 24.2 Å². The molecule has 1 aromatic rings. The number of carbonyl (C=O) groups is 4. The summed E-state index contributed by atoms with van der Waals surface area (Å²) in [4.78, 5) is 47.0. The lowest BCUT2D eigenvalue weighted by Crippen LogP contribution is -2.48. The fourth-order valence-corrected chi connectivity index (χ4v) is 2.15. The molecule has 0 aliphatic carbocycles. The Morgan fingerprint density at radius 3 is 2.32 bits per heavy atom. The van der Waals surface area contributed by atoms with Gasteiger partial charge in [0.1, 0.15) is 19.2 Å². The maximum Gasteiger partial charge on any atom is 0.408 e. The third kappa shape index (κ3) is 12.1. The van der Waals surface area contributed by atoms with Gasteiger partial charge in [-0.15, -0.1) is 0 Å². The van der Waals surface area contributed by atoms with Crippen LogP contribution in [-0.2, 0) is 35.2 Å². The van der Waals surface area contributed by atoms with Crippen LogP contribution in [0.25, 0.3) is 0 Å². The largest absolute Gasteiger partial charge is 0.468 e. The van der Waals surface area contributed by atoms with Crippen molar-refractivity contribution in [1.82, 2.24) is 10.6 Å². The first-order valence-corrected chi connectivity index (χ1v) is 9.15. The van der Waals surface area contributed by atoms with Crippen molar-refractivity contribution in [3.8, 4) is 0 Å². The van der Waals surface area contributed by atoms with Crippen molar-refractivity contribution in [3.63, 3.8) is 0 Å². The van der Waals surface area contributed by atoms with Crippen molar-refractivity contribution in [2.24, 2.45) is 0 Å². The topological polar surface area (TPSA) is 120 Å². The zero-order valence-electron chi connectivity index (χ0n) is 16.7. The quantitative estimate of drug-likeness (QED) is 0.392. The lowest BCUT2D eigenvalue weighted by Gasteiger charge is -2.18. The second-order valence-electron chi connectivity index (χ2n) is 6.18. The molecule has 1 rings (SSSR count). The van der Waals surface area contributed by atoms with E-state index in [4.69, 9.17) is 4.74 Å². The van der Waals surface area contributed by atoms with Crippen LogP contribution in [-0.4, -0.2) is 56.4 Å². The fourth-order valence-electron chi connectivity index (χ4n) is 2.15. The van der Waals surface area contributed by atoms with Crippen LogP contribution in [0.3, 0.4) is 0 Å². The molecule has 0 saturated heterocycles. The molecule has 0 fully saturated rings. The Hall–Kier alpha value is -3.31. The molecule has 0 aliphatic rings. The molecule has 2 amide bonds. The molecule has 172 valence electrons. The SMILES string of the molecule is COC(=O)CNC(=O)C(CCC(=O)OCCC(F)(F)F)NC(=O)OCc1ccccc1. The minimum Gasteiger partial charge on any atom is -0.468 e. The molecule has 0 heterocycles. The number of methoxy groups -OCH3 is 1. The highest BCUT2D eigenvalue weighted by atomic mass is 19.4. The molecule has 0 saturated carbocycles. The Kier molecular flexibility index (Phi) is 10.9. The number of halogens is 3. The molecule has 0 bridgehead atoms. The van der Waals surface area contributed by atoms with Gasteiger partial charge in [-0.1, -0.05) is 30.3 Å². The van der Waals surface area contributed by atoms with E-state index in [0.29, 0.717) is 5.56 Å². The molecule has 0 aromatic heterocycles. The predicted octanol–water partition coefficient (Wildman–Crippen LogP) is 1.85. The third-order valence-electron chi connectivity index (χ3n) is 3.74. The second-order valence-corrected chi connectivity index (χ2v) is 6.18. The van der Waals surface area contributed by atoms with Gasteiger partial charge in [0, 0.05) is 6.42 Å². The van der Waals surface area contributed by atoms with Crippen LogP contribution < -0.4 is 10.6 Å². The first kappa shape index (κ1) is 25.7. The van der Waals surface area contributed by atoms with Gasteiger partial charge in [0.15, 0.2) is 0 Å². The van der Waals surface area contributed by atoms with Gasteiger partial charge in [-0.05, 0) is 12.0 Å². The summed E-state index contributed by atoms with van der Waals surface area (Å²) in [5.74, 6) is -2.54. The summed E-state index contributed by atoms with van der Waals surface area (Å²) in [6.45, 7) is -1.42. The maximum absolute atomic E-state index is 12.2. The van der Waals surface area contributed by atoms with Gasteiger partial charge in [0.25, 0.3) is 0 Å². The summed E-state index contributed by atoms with van der Waals surface area (Å²) < 4.78 is 50.2. The Balaban J connectivity index is 2.58. The predicted molar refractivity (Wildman–Crippen MR) is 99.4 cm³/mol. The highest BCUT2D eigenvalue weighted by Gasteiger charge is 2.28. The molecule has 0 spiro atoms. The second kappa shape index (κ2) is 13.1. The number of amides is 2. The molecule has 31 heavy (non-hydrogen) atoms. The highest BCUT2D eigenvalue weighted by molar-refractivity contribution is 5.88. The number of alkyl carbamates (subject to hydrolysis) is 1. The van der Waals surface area contributed by atoms with Crippen LogP contribution in [0.4, 0.5) is 18.0 Å². The van der Waals surface area contributed by atoms with Crippen molar-refractivity contribution in [2.75, 3.05) is 20.3 Å². The van der Waals surface area contributed by atoms with Crippen LogP contribution in [0.15, 0.2) is 30.3 Å². The van der Waals surface area contributed by atoms with Gasteiger partial charge in [0.2, 0.25) is 5.91 Å². The summed E-state index contributed by atoms with van der Waals surface area (Å²) in [6.07, 6.45) is -7.48. The summed E-state index contributed by atoms with van der Waals surface area (Å²) >= 11 is 0. The minimum absolute atomic E-state index is 0.0807. The van der Waals surface area contributed by atoms with Gasteiger partial charge in [-0.25, -0.2) is 4.79 Å². The average Bonchev–Trinajstić information content (AvgIpc) is 2.72. The third-order valence-corrected chi connectivity index (χ3v) is 3.74. The number of esters is 2. The van der Waals surface area contributed by atoms with Gasteiger partial charge in [0.05, 0.1) is 20.1 Å². The minimum atomic E-state index is -4.47. The van der Waals surface area contributed by atoms with E-state index in [1.165, 1.54) is 0 Å². The summed E-state index contributed by atoms with van der Waals surface area (Å²) in [6, 6.07) is 7.38. The van der Waals surface area contributed by atoms with Gasteiger partial charge in [-0.2, -0.15) is 13.2 Å². The van der Waals surface area contributed by atoms with Crippen molar-refractivity contribution in [1.29, 1.82) is 0 Å². The number of ether oxygens (including phenoxy) is 3. The number of hydrogen-bond acceptors (Lipinski definition) is 7. The Bertz CT molecular complexity index is 742. The molecule has 2 N–H and O–H groups in total. The lowest BCUT2D eigenvalue weighted by atomic mass is 10.1. The van der Waals surface area contributed by atoms with Crippen LogP contribution in [0.2, 0.25) is 0 Å². The van der Waals surface area contributed by atoms with Crippen LogP contribution in [0.5, 0.6) is 0 Å². The number of benzene rings is 1.